The molecule has 0 aliphatic heterocycles. The molecule has 0 amide bonds. The van der Waals surface area contributed by atoms with Crippen molar-refractivity contribution in [1.82, 2.24) is 14.5 Å². The lowest BCUT2D eigenvalue weighted by Crippen LogP contribution is -2.01. The minimum Gasteiger partial charge on any atom is -0.269 e. The van der Waals surface area contributed by atoms with E-state index >= 15 is 0 Å². The Morgan fingerprint density at radius 1 is 1.17 bits per heavy atom. The summed E-state index contributed by atoms with van der Waals surface area (Å²) < 4.78 is 1.77. The van der Waals surface area contributed by atoms with E-state index < -0.39 is 0 Å². The van der Waals surface area contributed by atoms with Gasteiger partial charge in [-0.2, -0.15) is 5.26 Å². The molecule has 18 heavy (non-hydrogen) atoms. The predicted octanol–water partition coefficient (Wildman–Crippen LogP) is 2.60. The summed E-state index contributed by atoms with van der Waals surface area (Å²) in [5.41, 5.74) is 2.66. The van der Waals surface area contributed by atoms with Gasteiger partial charge in [0.1, 0.15) is 11.8 Å². The van der Waals surface area contributed by atoms with Gasteiger partial charge in [0, 0.05) is 17.8 Å². The van der Waals surface area contributed by atoms with Crippen molar-refractivity contribution < 1.29 is 0 Å². The van der Waals surface area contributed by atoms with Gasteiger partial charge in [-0.1, -0.05) is 11.6 Å². The molecule has 0 atom stereocenters. The topological polar surface area (TPSA) is 54.5 Å². The van der Waals surface area contributed by atoms with Gasteiger partial charge in [-0.15, -0.1) is 0 Å². The normalized spacial score (nSPS) is 10.4. The highest BCUT2D eigenvalue weighted by Gasteiger charge is 2.11. The van der Waals surface area contributed by atoms with E-state index in [0.29, 0.717) is 11.6 Å². The van der Waals surface area contributed by atoms with Gasteiger partial charge in [-0.05, 0) is 31.2 Å². The van der Waals surface area contributed by atoms with Crippen molar-refractivity contribution in [3.63, 3.8) is 0 Å². The fourth-order valence-electron chi connectivity index (χ4n) is 2.04. The molecule has 0 saturated heterocycles. The van der Waals surface area contributed by atoms with Crippen LogP contribution in [0.1, 0.15) is 11.3 Å². The van der Waals surface area contributed by atoms with Gasteiger partial charge in [0.2, 0.25) is 5.95 Å². The maximum absolute atomic E-state index is 9.22. The Morgan fingerprint density at radius 2 is 1.94 bits per heavy atom. The van der Waals surface area contributed by atoms with Crippen molar-refractivity contribution in [1.29, 1.82) is 5.26 Å². The first-order valence-corrected chi connectivity index (χ1v) is 5.59. The SMILES string of the molecule is Cc1ccc2c(c1)cc(C#N)n2-c1ncccn1. The molecule has 0 aliphatic carbocycles. The molecule has 3 aromatic rings. The van der Waals surface area contributed by atoms with Gasteiger partial charge in [-0.25, -0.2) is 9.97 Å². The van der Waals surface area contributed by atoms with Crippen molar-refractivity contribution in [2.24, 2.45) is 0 Å². The van der Waals surface area contributed by atoms with E-state index in [1.165, 1.54) is 0 Å². The molecular weight excluding hydrogens is 224 g/mol. The Morgan fingerprint density at radius 3 is 2.67 bits per heavy atom. The van der Waals surface area contributed by atoms with Crippen molar-refractivity contribution in [2.75, 3.05) is 0 Å². The summed E-state index contributed by atoms with van der Waals surface area (Å²) in [5, 5.41) is 10.3. The molecule has 4 nitrogen and oxygen atoms in total. The highest BCUT2D eigenvalue weighted by atomic mass is 15.1. The number of nitriles is 1. The van der Waals surface area contributed by atoms with Gasteiger partial charge in [0.25, 0.3) is 0 Å². The van der Waals surface area contributed by atoms with E-state index in [0.717, 1.165) is 16.5 Å². The van der Waals surface area contributed by atoms with Crippen LogP contribution >= 0.6 is 0 Å². The summed E-state index contributed by atoms with van der Waals surface area (Å²) in [6.07, 6.45) is 3.34. The lowest BCUT2D eigenvalue weighted by Gasteiger charge is -2.04. The zero-order chi connectivity index (χ0) is 12.5. The number of hydrogen-bond donors (Lipinski definition) is 0. The molecule has 86 valence electrons. The van der Waals surface area contributed by atoms with E-state index in [1.807, 2.05) is 25.1 Å². The number of aromatic nitrogens is 3. The average molecular weight is 234 g/mol. The van der Waals surface area contributed by atoms with Gasteiger partial charge >= 0.3 is 0 Å². The smallest absolute Gasteiger partial charge is 0.235 e. The predicted molar refractivity (Wildman–Crippen MR) is 68.3 cm³/mol. The minimum atomic E-state index is 0.521. The molecule has 0 N–H and O–H groups in total. The molecule has 3 rings (SSSR count). The number of hydrogen-bond acceptors (Lipinski definition) is 3. The third kappa shape index (κ3) is 1.54. The maximum Gasteiger partial charge on any atom is 0.235 e. The van der Waals surface area contributed by atoms with Gasteiger partial charge in [0.15, 0.2) is 0 Å². The number of benzene rings is 1. The summed E-state index contributed by atoms with van der Waals surface area (Å²) in [4.78, 5) is 8.41. The average Bonchev–Trinajstić information content (AvgIpc) is 2.77. The standard InChI is InChI=1S/C14H10N4/c1-10-3-4-13-11(7-10)8-12(9-15)18(13)14-16-5-2-6-17-14/h2-8H,1H3. The van der Waals surface area contributed by atoms with Crippen LogP contribution < -0.4 is 0 Å². The van der Waals surface area contributed by atoms with Crippen molar-refractivity contribution >= 4 is 10.9 Å². The lowest BCUT2D eigenvalue weighted by atomic mass is 10.2. The Labute approximate surface area is 104 Å². The summed E-state index contributed by atoms with van der Waals surface area (Å²) in [6.45, 7) is 2.03. The van der Waals surface area contributed by atoms with Crippen LogP contribution in [-0.4, -0.2) is 14.5 Å². The van der Waals surface area contributed by atoms with Gasteiger partial charge < -0.3 is 0 Å². The van der Waals surface area contributed by atoms with Crippen LogP contribution in [0.2, 0.25) is 0 Å². The molecule has 4 heteroatoms. The zero-order valence-electron chi connectivity index (χ0n) is 9.83. The number of rotatable bonds is 1. The fourth-order valence-corrected chi connectivity index (χ4v) is 2.04. The minimum absolute atomic E-state index is 0.521. The third-order valence-electron chi connectivity index (χ3n) is 2.82. The molecule has 0 spiro atoms. The van der Waals surface area contributed by atoms with Crippen molar-refractivity contribution in [3.05, 3.63) is 54.0 Å². The zero-order valence-corrected chi connectivity index (χ0v) is 9.83. The van der Waals surface area contributed by atoms with Crippen LogP contribution in [0, 0.1) is 18.3 Å². The molecule has 2 heterocycles. The first-order valence-electron chi connectivity index (χ1n) is 5.59. The monoisotopic (exact) mass is 234 g/mol. The number of fused-ring (bicyclic) bond motifs is 1. The second-order valence-corrected chi connectivity index (χ2v) is 4.09. The summed E-state index contributed by atoms with van der Waals surface area (Å²) in [5.74, 6) is 0.521. The van der Waals surface area contributed by atoms with E-state index in [1.54, 1.807) is 23.0 Å². The Hall–Kier alpha value is -2.67. The second kappa shape index (κ2) is 3.97. The second-order valence-electron chi connectivity index (χ2n) is 4.09. The molecule has 0 saturated carbocycles. The van der Waals surface area contributed by atoms with E-state index in [2.05, 4.69) is 22.1 Å². The maximum atomic E-state index is 9.22. The molecule has 0 aliphatic rings. The number of aryl methyl sites for hydroxylation is 1. The molecular formula is C14H10N4. The molecule has 0 fully saturated rings. The first kappa shape index (κ1) is 10.5. The van der Waals surface area contributed by atoms with Crippen LogP contribution in [0.15, 0.2) is 42.7 Å². The summed E-state index contributed by atoms with van der Waals surface area (Å²) >= 11 is 0. The quantitative estimate of drug-likeness (QED) is 0.650. The summed E-state index contributed by atoms with van der Waals surface area (Å²) in [6, 6.07) is 11.9. The Balaban J connectivity index is 2.38. The Kier molecular flexibility index (Phi) is 2.31. The van der Waals surface area contributed by atoms with Crippen molar-refractivity contribution in [2.45, 2.75) is 6.92 Å². The molecule has 0 bridgehead atoms. The molecule has 2 aromatic heterocycles. The van der Waals surface area contributed by atoms with Crippen LogP contribution in [0.5, 0.6) is 0 Å². The lowest BCUT2D eigenvalue weighted by molar-refractivity contribution is 0.948. The third-order valence-corrected chi connectivity index (χ3v) is 2.82. The van der Waals surface area contributed by atoms with Gasteiger partial charge in [-0.3, -0.25) is 4.57 Å². The fraction of sp³-hybridized carbons (Fsp3) is 0.0714. The van der Waals surface area contributed by atoms with Crippen molar-refractivity contribution in [3.8, 4) is 12.0 Å². The summed E-state index contributed by atoms with van der Waals surface area (Å²) in [7, 11) is 0. The molecule has 0 radical (unpaired) electrons. The van der Waals surface area contributed by atoms with Crippen LogP contribution in [0.3, 0.4) is 0 Å². The molecule has 0 unspecified atom stereocenters. The largest absolute Gasteiger partial charge is 0.269 e. The van der Waals surface area contributed by atoms with Crippen LogP contribution in [0.4, 0.5) is 0 Å². The van der Waals surface area contributed by atoms with Crippen LogP contribution in [-0.2, 0) is 0 Å². The number of nitrogens with zero attached hydrogens (tertiary/aromatic N) is 4. The van der Waals surface area contributed by atoms with E-state index in [9.17, 15) is 5.26 Å². The van der Waals surface area contributed by atoms with E-state index in [-0.39, 0.29) is 0 Å². The molecule has 1 aromatic carbocycles. The van der Waals surface area contributed by atoms with Gasteiger partial charge in [0.05, 0.1) is 5.52 Å². The highest BCUT2D eigenvalue weighted by Crippen LogP contribution is 2.23. The first-order chi connectivity index (χ1) is 8.79. The Bertz CT molecular complexity index is 751. The highest BCUT2D eigenvalue weighted by molar-refractivity contribution is 5.84. The van der Waals surface area contributed by atoms with Crippen LogP contribution in [0.25, 0.3) is 16.9 Å². The van der Waals surface area contributed by atoms with E-state index in [4.69, 9.17) is 0 Å².